The summed E-state index contributed by atoms with van der Waals surface area (Å²) in [5.74, 6) is 0.734. The summed E-state index contributed by atoms with van der Waals surface area (Å²) in [7, 11) is 0. The Bertz CT molecular complexity index is 429. The van der Waals surface area contributed by atoms with Crippen LogP contribution < -0.4 is 5.43 Å². The average molecular weight is 258 g/mol. The molecule has 1 aliphatic carbocycles. The van der Waals surface area contributed by atoms with Crippen molar-refractivity contribution < 1.29 is 4.79 Å². The van der Waals surface area contributed by atoms with E-state index in [1.54, 1.807) is 12.1 Å². The third kappa shape index (κ3) is 4.19. The summed E-state index contributed by atoms with van der Waals surface area (Å²) in [6.07, 6.45) is 7.08. The molecule has 19 heavy (non-hydrogen) atoms. The quantitative estimate of drug-likeness (QED) is 0.821. The third-order valence-electron chi connectivity index (χ3n) is 3.73. The highest BCUT2D eigenvalue weighted by Crippen LogP contribution is 2.25. The fourth-order valence-corrected chi connectivity index (χ4v) is 2.60. The lowest BCUT2D eigenvalue weighted by Gasteiger charge is -2.22. The Morgan fingerprint density at radius 1 is 1.26 bits per heavy atom. The largest absolute Gasteiger partial charge is 0.271 e. The summed E-state index contributed by atoms with van der Waals surface area (Å²) in [6.45, 7) is 2.24. The molecule has 1 fully saturated rings. The van der Waals surface area contributed by atoms with Crippen molar-refractivity contribution in [3.63, 3.8) is 0 Å². The number of rotatable bonds is 4. The summed E-state index contributed by atoms with van der Waals surface area (Å²) in [6, 6.07) is 9.22. The Kier molecular flexibility index (Phi) is 5.13. The molecule has 0 saturated heterocycles. The van der Waals surface area contributed by atoms with E-state index in [-0.39, 0.29) is 5.91 Å². The summed E-state index contributed by atoms with van der Waals surface area (Å²) in [5, 5.41) is 4.27. The number of hydrogen-bond acceptors (Lipinski definition) is 2. The van der Waals surface area contributed by atoms with Gasteiger partial charge in [-0.25, -0.2) is 5.43 Å². The molecule has 3 nitrogen and oxygen atoms in total. The molecule has 3 heteroatoms. The second kappa shape index (κ2) is 7.07. The zero-order chi connectivity index (χ0) is 13.5. The van der Waals surface area contributed by atoms with E-state index in [4.69, 9.17) is 0 Å². The van der Waals surface area contributed by atoms with Crippen molar-refractivity contribution in [2.75, 3.05) is 0 Å². The van der Waals surface area contributed by atoms with E-state index in [0.29, 0.717) is 5.56 Å². The van der Waals surface area contributed by atoms with Gasteiger partial charge in [0.15, 0.2) is 0 Å². The Labute approximate surface area is 115 Å². The van der Waals surface area contributed by atoms with Crippen LogP contribution in [0, 0.1) is 5.92 Å². The van der Waals surface area contributed by atoms with Crippen LogP contribution in [-0.4, -0.2) is 11.6 Å². The predicted octanol–water partition coefficient (Wildman–Crippen LogP) is 3.76. The van der Waals surface area contributed by atoms with Crippen LogP contribution in [0.3, 0.4) is 0 Å². The molecule has 0 aliphatic heterocycles. The van der Waals surface area contributed by atoms with Gasteiger partial charge in [-0.15, -0.1) is 0 Å². The van der Waals surface area contributed by atoms with Gasteiger partial charge in [0.2, 0.25) is 0 Å². The van der Waals surface area contributed by atoms with Gasteiger partial charge in [0.05, 0.1) is 0 Å². The number of nitrogens with zero attached hydrogens (tertiary/aromatic N) is 1. The van der Waals surface area contributed by atoms with Gasteiger partial charge in [-0.2, -0.15) is 5.10 Å². The highest BCUT2D eigenvalue weighted by atomic mass is 16.2. The molecule has 0 heterocycles. The maximum absolute atomic E-state index is 11.8. The molecule has 1 aromatic rings. The highest BCUT2D eigenvalue weighted by Gasteiger charge is 2.17. The Morgan fingerprint density at radius 3 is 2.58 bits per heavy atom. The predicted molar refractivity (Wildman–Crippen MR) is 78.2 cm³/mol. The lowest BCUT2D eigenvalue weighted by Crippen LogP contribution is -2.22. The van der Waals surface area contributed by atoms with Crippen molar-refractivity contribution in [2.24, 2.45) is 11.0 Å². The minimum atomic E-state index is -0.121. The Morgan fingerprint density at radius 2 is 1.95 bits per heavy atom. The van der Waals surface area contributed by atoms with Crippen molar-refractivity contribution in [1.82, 2.24) is 5.43 Å². The van der Waals surface area contributed by atoms with E-state index in [1.165, 1.54) is 25.7 Å². The summed E-state index contributed by atoms with van der Waals surface area (Å²) >= 11 is 0. The molecule has 102 valence electrons. The number of hydrazone groups is 1. The Hall–Kier alpha value is -1.64. The van der Waals surface area contributed by atoms with Gasteiger partial charge >= 0.3 is 0 Å². The van der Waals surface area contributed by atoms with Gasteiger partial charge in [0.1, 0.15) is 0 Å². The fraction of sp³-hybridized carbons (Fsp3) is 0.500. The van der Waals surface area contributed by atoms with Crippen LogP contribution in [0.5, 0.6) is 0 Å². The third-order valence-corrected chi connectivity index (χ3v) is 3.73. The number of benzene rings is 1. The van der Waals surface area contributed by atoms with E-state index in [2.05, 4.69) is 17.5 Å². The summed E-state index contributed by atoms with van der Waals surface area (Å²) < 4.78 is 0. The molecule has 1 saturated carbocycles. The van der Waals surface area contributed by atoms with Crippen LogP contribution in [0.25, 0.3) is 0 Å². The molecule has 0 spiro atoms. The SMILES string of the molecule is CCCC1CCC(=NNC(=O)c2ccccc2)CC1. The maximum atomic E-state index is 11.8. The highest BCUT2D eigenvalue weighted by molar-refractivity contribution is 5.95. The number of amides is 1. The smallest absolute Gasteiger partial charge is 0.267 e. The van der Waals surface area contributed by atoms with E-state index in [1.807, 2.05) is 18.2 Å². The first-order valence-electron chi connectivity index (χ1n) is 7.20. The van der Waals surface area contributed by atoms with Gasteiger partial charge < -0.3 is 0 Å². The molecule has 2 rings (SSSR count). The van der Waals surface area contributed by atoms with Crippen LogP contribution in [0.4, 0.5) is 0 Å². The van der Waals surface area contributed by atoms with Gasteiger partial charge in [0, 0.05) is 11.3 Å². The zero-order valence-electron chi connectivity index (χ0n) is 11.6. The summed E-state index contributed by atoms with van der Waals surface area (Å²) in [5.41, 5.74) is 4.46. The van der Waals surface area contributed by atoms with Crippen LogP contribution in [-0.2, 0) is 0 Å². The van der Waals surface area contributed by atoms with Crippen molar-refractivity contribution in [3.05, 3.63) is 35.9 Å². The standard InChI is InChI=1S/C16H22N2O/c1-2-6-13-9-11-15(12-10-13)17-18-16(19)14-7-4-3-5-8-14/h3-5,7-8,13H,2,6,9-12H2,1H3,(H,18,19). The van der Waals surface area contributed by atoms with Crippen LogP contribution in [0.15, 0.2) is 35.4 Å². The van der Waals surface area contributed by atoms with Crippen molar-refractivity contribution in [1.29, 1.82) is 0 Å². The number of carbonyl (C=O) groups is 1. The molecular formula is C16H22N2O. The average Bonchev–Trinajstić information content (AvgIpc) is 2.47. The number of carbonyl (C=O) groups excluding carboxylic acids is 1. The monoisotopic (exact) mass is 258 g/mol. The molecule has 0 radical (unpaired) electrons. The molecule has 0 aromatic heterocycles. The minimum absolute atomic E-state index is 0.121. The van der Waals surface area contributed by atoms with Gasteiger partial charge in [0.25, 0.3) is 5.91 Å². The number of nitrogens with one attached hydrogen (secondary N) is 1. The van der Waals surface area contributed by atoms with E-state index < -0.39 is 0 Å². The first kappa shape index (κ1) is 13.8. The van der Waals surface area contributed by atoms with Gasteiger partial charge in [-0.1, -0.05) is 38.0 Å². The van der Waals surface area contributed by atoms with Crippen LogP contribution >= 0.6 is 0 Å². The zero-order valence-corrected chi connectivity index (χ0v) is 11.6. The van der Waals surface area contributed by atoms with Crippen molar-refractivity contribution in [3.8, 4) is 0 Å². The van der Waals surface area contributed by atoms with E-state index in [9.17, 15) is 4.79 Å². The van der Waals surface area contributed by atoms with Gasteiger partial charge in [-0.3, -0.25) is 4.79 Å². The Balaban J connectivity index is 1.82. The lowest BCUT2D eigenvalue weighted by atomic mass is 9.85. The molecular weight excluding hydrogens is 236 g/mol. The van der Waals surface area contributed by atoms with Crippen LogP contribution in [0.2, 0.25) is 0 Å². The summed E-state index contributed by atoms with van der Waals surface area (Å²) in [4.78, 5) is 11.8. The molecule has 0 unspecified atom stereocenters. The molecule has 0 atom stereocenters. The van der Waals surface area contributed by atoms with E-state index in [0.717, 1.165) is 24.5 Å². The lowest BCUT2D eigenvalue weighted by molar-refractivity contribution is 0.0954. The first-order valence-corrected chi connectivity index (χ1v) is 7.20. The van der Waals surface area contributed by atoms with E-state index >= 15 is 0 Å². The van der Waals surface area contributed by atoms with Crippen LogP contribution in [0.1, 0.15) is 55.8 Å². The second-order valence-corrected chi connectivity index (χ2v) is 5.22. The van der Waals surface area contributed by atoms with Crippen molar-refractivity contribution >= 4 is 11.6 Å². The molecule has 1 aliphatic rings. The number of hydrogen-bond donors (Lipinski definition) is 1. The minimum Gasteiger partial charge on any atom is -0.267 e. The van der Waals surface area contributed by atoms with Gasteiger partial charge in [-0.05, 0) is 43.7 Å². The fourth-order valence-electron chi connectivity index (χ4n) is 2.60. The topological polar surface area (TPSA) is 41.5 Å². The second-order valence-electron chi connectivity index (χ2n) is 5.22. The normalized spacial score (nSPS) is 19.0. The molecule has 1 N–H and O–H groups in total. The first-order chi connectivity index (χ1) is 9.29. The molecule has 0 bridgehead atoms. The molecule has 1 amide bonds. The molecule has 1 aromatic carbocycles. The maximum Gasteiger partial charge on any atom is 0.271 e. The van der Waals surface area contributed by atoms with Crippen molar-refractivity contribution in [2.45, 2.75) is 45.4 Å².